The summed E-state index contributed by atoms with van der Waals surface area (Å²) in [5, 5.41) is 23.5. The van der Waals surface area contributed by atoms with Gasteiger partial charge in [-0.05, 0) is 55.3 Å². The van der Waals surface area contributed by atoms with Gasteiger partial charge in [-0.15, -0.1) is 6.42 Å². The van der Waals surface area contributed by atoms with Crippen molar-refractivity contribution in [3.8, 4) is 18.1 Å². The first-order valence-corrected chi connectivity index (χ1v) is 12.8. The van der Waals surface area contributed by atoms with Gasteiger partial charge in [0.2, 0.25) is 0 Å². The normalized spacial score (nSPS) is 13.2. The number of hydrogen-bond acceptors (Lipinski definition) is 5. The number of likely N-dealkylation sites (tertiary alicyclic amines) is 1. The van der Waals surface area contributed by atoms with Crippen molar-refractivity contribution in [2.24, 2.45) is 5.92 Å². The average Bonchev–Trinajstić information content (AvgIpc) is 2.97. The van der Waals surface area contributed by atoms with E-state index in [9.17, 15) is 19.5 Å². The molecule has 1 aliphatic heterocycles. The molecule has 1 aliphatic rings. The Balaban J connectivity index is 1.50. The fourth-order valence-electron chi connectivity index (χ4n) is 4.40. The number of ether oxygens (including phenoxy) is 1. The number of carbonyl (C=O) groups is 3. The molecule has 0 spiro atoms. The molecule has 1 saturated heterocycles. The lowest BCUT2D eigenvalue weighted by Gasteiger charge is -2.32. The van der Waals surface area contributed by atoms with E-state index in [-0.39, 0.29) is 33.8 Å². The second-order valence-electron chi connectivity index (χ2n) is 9.19. The largest absolute Gasteiger partial charge is 0.494 e. The monoisotopic (exact) mass is 558 g/mol. The number of rotatable bonds is 7. The van der Waals surface area contributed by atoms with Crippen molar-refractivity contribution >= 4 is 46.6 Å². The van der Waals surface area contributed by atoms with Crippen molar-refractivity contribution in [2.45, 2.75) is 12.8 Å². The predicted molar refractivity (Wildman–Crippen MR) is 153 cm³/mol. The van der Waals surface area contributed by atoms with E-state index in [1.807, 2.05) is 4.90 Å². The Hall–Kier alpha value is -4.81. The zero-order valence-electron chi connectivity index (χ0n) is 21.7. The molecule has 10 heteroatoms. The molecule has 9 nitrogen and oxygen atoms in total. The molecule has 0 bridgehead atoms. The van der Waals surface area contributed by atoms with Crippen molar-refractivity contribution < 1.29 is 24.2 Å². The summed E-state index contributed by atoms with van der Waals surface area (Å²) >= 11 is 6.23. The van der Waals surface area contributed by atoms with Crippen LogP contribution in [0.3, 0.4) is 0 Å². The minimum Gasteiger partial charge on any atom is -0.494 e. The molecular weight excluding hydrogens is 532 g/mol. The SMILES string of the molecule is C#Cc1ccc(NC(=O)c2cc(Cl)cc(OC)c2NC(=O)c2ccc(C(=N)N3CCC(C(=O)O)CC3)cc2)cc1. The van der Waals surface area contributed by atoms with Crippen molar-refractivity contribution in [3.63, 3.8) is 0 Å². The zero-order chi connectivity index (χ0) is 28.8. The Bertz CT molecular complexity index is 1490. The fraction of sp³-hybridized carbons (Fsp3) is 0.200. The third-order valence-electron chi connectivity index (χ3n) is 6.66. The summed E-state index contributed by atoms with van der Waals surface area (Å²) < 4.78 is 5.40. The van der Waals surface area contributed by atoms with Crippen molar-refractivity contribution in [2.75, 3.05) is 30.8 Å². The van der Waals surface area contributed by atoms with E-state index in [4.69, 9.17) is 28.2 Å². The number of carboxylic acid groups (broad SMARTS) is 1. The van der Waals surface area contributed by atoms with Crippen LogP contribution in [0.2, 0.25) is 5.02 Å². The number of benzene rings is 3. The van der Waals surface area contributed by atoms with Crippen LogP contribution in [0.5, 0.6) is 5.75 Å². The second kappa shape index (κ2) is 12.4. The third-order valence-corrected chi connectivity index (χ3v) is 6.88. The van der Waals surface area contributed by atoms with Gasteiger partial charge < -0.3 is 25.4 Å². The molecule has 0 unspecified atom stereocenters. The Morgan fingerprint density at radius 3 is 2.20 bits per heavy atom. The van der Waals surface area contributed by atoms with Crippen LogP contribution in [0.1, 0.15) is 44.7 Å². The number of amides is 2. The van der Waals surface area contributed by atoms with E-state index in [1.54, 1.807) is 48.5 Å². The van der Waals surface area contributed by atoms with E-state index in [1.165, 1.54) is 19.2 Å². The van der Waals surface area contributed by atoms with Gasteiger partial charge in [0.1, 0.15) is 11.6 Å². The zero-order valence-corrected chi connectivity index (χ0v) is 22.4. The van der Waals surface area contributed by atoms with Crippen LogP contribution in [-0.2, 0) is 4.79 Å². The Morgan fingerprint density at radius 2 is 1.62 bits per heavy atom. The van der Waals surface area contributed by atoms with Crippen LogP contribution >= 0.6 is 11.6 Å². The highest BCUT2D eigenvalue weighted by Crippen LogP contribution is 2.33. The fourth-order valence-corrected chi connectivity index (χ4v) is 4.61. The van der Waals surface area contributed by atoms with Gasteiger partial charge in [-0.3, -0.25) is 19.8 Å². The standard InChI is InChI=1S/C30H27ClN4O5/c1-3-18-4-10-23(11-5-18)33-29(37)24-16-22(31)17-25(40-2)26(24)34-28(36)20-8-6-19(7-9-20)27(32)35-14-12-21(13-15-35)30(38)39/h1,4-11,16-17,21,32H,12-15H2,2H3,(H,33,37)(H,34,36)(H,38,39). The van der Waals surface area contributed by atoms with Gasteiger partial charge in [0.15, 0.2) is 0 Å². The van der Waals surface area contributed by atoms with Crippen LogP contribution < -0.4 is 15.4 Å². The molecule has 0 radical (unpaired) electrons. The lowest BCUT2D eigenvalue weighted by molar-refractivity contribution is -0.143. The maximum absolute atomic E-state index is 13.2. The molecule has 0 saturated carbocycles. The number of halogens is 1. The van der Waals surface area contributed by atoms with Gasteiger partial charge >= 0.3 is 5.97 Å². The van der Waals surface area contributed by atoms with Crippen molar-refractivity contribution in [3.05, 3.63) is 87.9 Å². The summed E-state index contributed by atoms with van der Waals surface area (Å²) in [5.74, 6) is 0.784. The molecule has 2 amide bonds. The molecule has 1 fully saturated rings. The molecule has 4 rings (SSSR count). The van der Waals surface area contributed by atoms with E-state index in [2.05, 4.69) is 16.6 Å². The molecule has 0 aliphatic carbocycles. The molecule has 0 aromatic heterocycles. The molecular formula is C30H27ClN4O5. The number of methoxy groups -OCH3 is 1. The molecule has 0 atom stereocenters. The lowest BCUT2D eigenvalue weighted by Crippen LogP contribution is -2.40. The highest BCUT2D eigenvalue weighted by molar-refractivity contribution is 6.31. The average molecular weight is 559 g/mol. The minimum atomic E-state index is -0.807. The molecule has 4 N–H and O–H groups in total. The van der Waals surface area contributed by atoms with Crippen LogP contribution in [0.4, 0.5) is 11.4 Å². The minimum absolute atomic E-state index is 0.0990. The number of nitrogens with zero attached hydrogens (tertiary/aromatic N) is 1. The summed E-state index contributed by atoms with van der Waals surface area (Å²) in [4.78, 5) is 39.4. The van der Waals surface area contributed by atoms with Gasteiger partial charge in [0.05, 0.1) is 24.3 Å². The molecule has 204 valence electrons. The number of nitrogens with one attached hydrogen (secondary N) is 3. The van der Waals surface area contributed by atoms with Gasteiger partial charge in [0.25, 0.3) is 11.8 Å². The van der Waals surface area contributed by atoms with E-state index >= 15 is 0 Å². The maximum Gasteiger partial charge on any atom is 0.306 e. The summed E-state index contributed by atoms with van der Waals surface area (Å²) in [6, 6.07) is 16.1. The van der Waals surface area contributed by atoms with Gasteiger partial charge in [0, 0.05) is 46.6 Å². The number of terminal acetylenes is 1. The first-order chi connectivity index (χ1) is 19.2. The number of aliphatic carboxylic acids is 1. The van der Waals surface area contributed by atoms with Gasteiger partial charge in [-0.2, -0.15) is 0 Å². The Kier molecular flexibility index (Phi) is 8.72. The van der Waals surface area contributed by atoms with E-state index < -0.39 is 17.8 Å². The number of piperidine rings is 1. The topological polar surface area (TPSA) is 132 Å². The quantitative estimate of drug-likeness (QED) is 0.184. The van der Waals surface area contributed by atoms with Crippen LogP contribution in [0.25, 0.3) is 0 Å². The Labute approximate surface area is 236 Å². The van der Waals surface area contributed by atoms with E-state index in [0.717, 1.165) is 0 Å². The summed E-state index contributed by atoms with van der Waals surface area (Å²) in [6.07, 6.45) is 6.35. The lowest BCUT2D eigenvalue weighted by atomic mass is 9.96. The van der Waals surface area contributed by atoms with Gasteiger partial charge in [-0.1, -0.05) is 29.7 Å². The molecule has 40 heavy (non-hydrogen) atoms. The molecule has 1 heterocycles. The second-order valence-corrected chi connectivity index (χ2v) is 9.62. The highest BCUT2D eigenvalue weighted by atomic mass is 35.5. The number of amidine groups is 1. The molecule has 3 aromatic carbocycles. The summed E-state index contributed by atoms with van der Waals surface area (Å²) in [7, 11) is 1.40. The number of anilines is 2. The van der Waals surface area contributed by atoms with Crippen molar-refractivity contribution in [1.82, 2.24) is 4.90 Å². The van der Waals surface area contributed by atoms with Crippen LogP contribution in [0, 0.1) is 23.7 Å². The van der Waals surface area contributed by atoms with Crippen LogP contribution in [0.15, 0.2) is 60.7 Å². The number of carbonyl (C=O) groups excluding carboxylic acids is 2. The molecule has 3 aromatic rings. The number of carboxylic acids is 1. The Morgan fingerprint density at radius 1 is 1.00 bits per heavy atom. The smallest absolute Gasteiger partial charge is 0.306 e. The predicted octanol–water partition coefficient (Wildman–Crippen LogP) is 4.96. The first-order valence-electron chi connectivity index (χ1n) is 12.4. The third kappa shape index (κ3) is 6.42. The van der Waals surface area contributed by atoms with Gasteiger partial charge in [-0.25, -0.2) is 0 Å². The first kappa shape index (κ1) is 28.2. The van der Waals surface area contributed by atoms with Crippen LogP contribution in [-0.4, -0.2) is 53.8 Å². The van der Waals surface area contributed by atoms with E-state index in [0.29, 0.717) is 48.3 Å². The number of hydrogen-bond donors (Lipinski definition) is 4. The maximum atomic E-state index is 13.2. The van der Waals surface area contributed by atoms with Crippen molar-refractivity contribution in [1.29, 1.82) is 5.41 Å². The summed E-state index contributed by atoms with van der Waals surface area (Å²) in [6.45, 7) is 0.959. The highest BCUT2D eigenvalue weighted by Gasteiger charge is 2.26. The summed E-state index contributed by atoms with van der Waals surface area (Å²) in [5.41, 5.74) is 2.32.